The Hall–Kier alpha value is -2.90. The van der Waals surface area contributed by atoms with Crippen molar-refractivity contribution in [3.8, 4) is 0 Å². The van der Waals surface area contributed by atoms with Crippen LogP contribution < -0.4 is 10.2 Å². The summed E-state index contributed by atoms with van der Waals surface area (Å²) in [5.41, 5.74) is 2.11. The SMILES string of the molecule is O=C(CN1CCN(c2cncc(SCc3ccccc3)n2)CC1)Nc1ccccc1. The van der Waals surface area contributed by atoms with Crippen molar-refractivity contribution >= 4 is 29.2 Å². The number of benzene rings is 2. The number of carbonyl (C=O) groups excluding carboxylic acids is 1. The third-order valence-corrected chi connectivity index (χ3v) is 5.92. The van der Waals surface area contributed by atoms with Gasteiger partial charge in [0, 0.05) is 37.6 Å². The fraction of sp³-hybridized carbons (Fsp3) is 0.261. The zero-order chi connectivity index (χ0) is 20.6. The van der Waals surface area contributed by atoms with E-state index in [9.17, 15) is 4.79 Å². The van der Waals surface area contributed by atoms with E-state index in [0.717, 1.165) is 48.5 Å². The van der Waals surface area contributed by atoms with Gasteiger partial charge in [-0.05, 0) is 17.7 Å². The number of nitrogens with one attached hydrogen (secondary N) is 1. The first kappa shape index (κ1) is 20.4. The molecule has 0 unspecified atom stereocenters. The normalized spacial score (nSPS) is 14.5. The zero-order valence-electron chi connectivity index (χ0n) is 16.8. The molecule has 1 aliphatic heterocycles. The van der Waals surface area contributed by atoms with Gasteiger partial charge >= 0.3 is 0 Å². The molecule has 2 heterocycles. The minimum absolute atomic E-state index is 0.0220. The van der Waals surface area contributed by atoms with E-state index in [1.807, 2.05) is 48.8 Å². The molecule has 154 valence electrons. The lowest BCUT2D eigenvalue weighted by molar-refractivity contribution is -0.117. The number of carbonyl (C=O) groups is 1. The van der Waals surface area contributed by atoms with Crippen LogP contribution in [0.3, 0.4) is 0 Å². The number of hydrogen-bond donors (Lipinski definition) is 1. The molecule has 0 saturated carbocycles. The number of hydrogen-bond acceptors (Lipinski definition) is 6. The van der Waals surface area contributed by atoms with Gasteiger partial charge in [0.05, 0.1) is 18.9 Å². The van der Waals surface area contributed by atoms with Gasteiger partial charge in [0.25, 0.3) is 0 Å². The van der Waals surface area contributed by atoms with Crippen LogP contribution in [-0.4, -0.2) is 53.5 Å². The summed E-state index contributed by atoms with van der Waals surface area (Å²) in [7, 11) is 0. The third kappa shape index (κ3) is 5.81. The molecule has 4 rings (SSSR count). The van der Waals surface area contributed by atoms with Crippen molar-refractivity contribution in [1.82, 2.24) is 14.9 Å². The predicted molar refractivity (Wildman–Crippen MR) is 122 cm³/mol. The Balaban J connectivity index is 1.26. The molecule has 0 spiro atoms. The van der Waals surface area contributed by atoms with Crippen LogP contribution >= 0.6 is 11.8 Å². The highest BCUT2D eigenvalue weighted by atomic mass is 32.2. The Morgan fingerprint density at radius 1 is 0.933 bits per heavy atom. The van der Waals surface area contributed by atoms with E-state index >= 15 is 0 Å². The molecule has 0 atom stereocenters. The minimum Gasteiger partial charge on any atom is -0.353 e. The standard InChI is InChI=1S/C23H25N5OS/c29-22(25-20-9-5-2-6-10-20)17-27-11-13-28(14-12-27)21-15-24-16-23(26-21)30-18-19-7-3-1-4-8-19/h1-10,15-16H,11-14,17-18H2,(H,25,29). The fourth-order valence-electron chi connectivity index (χ4n) is 3.35. The summed E-state index contributed by atoms with van der Waals surface area (Å²) in [5, 5.41) is 3.88. The van der Waals surface area contributed by atoms with Gasteiger partial charge in [-0.1, -0.05) is 48.5 Å². The van der Waals surface area contributed by atoms with E-state index < -0.39 is 0 Å². The second kappa shape index (κ2) is 10.2. The summed E-state index contributed by atoms with van der Waals surface area (Å²) in [6.45, 7) is 3.72. The molecular formula is C23H25N5OS. The fourth-order valence-corrected chi connectivity index (χ4v) is 4.15. The van der Waals surface area contributed by atoms with Crippen molar-refractivity contribution < 1.29 is 4.79 Å². The summed E-state index contributed by atoms with van der Waals surface area (Å²) in [5.74, 6) is 1.80. The summed E-state index contributed by atoms with van der Waals surface area (Å²) in [4.78, 5) is 25.9. The number of piperazine rings is 1. The Morgan fingerprint density at radius 3 is 2.37 bits per heavy atom. The van der Waals surface area contributed by atoms with Gasteiger partial charge in [0.2, 0.25) is 5.91 Å². The molecule has 0 bridgehead atoms. The lowest BCUT2D eigenvalue weighted by Crippen LogP contribution is -2.49. The molecule has 3 aromatic rings. The zero-order valence-corrected chi connectivity index (χ0v) is 17.6. The van der Waals surface area contributed by atoms with E-state index in [2.05, 4.69) is 44.4 Å². The van der Waals surface area contributed by atoms with Crippen LogP contribution in [0, 0.1) is 0 Å². The first-order valence-corrected chi connectivity index (χ1v) is 11.1. The van der Waals surface area contributed by atoms with Gasteiger partial charge in [-0.25, -0.2) is 4.98 Å². The maximum atomic E-state index is 12.3. The van der Waals surface area contributed by atoms with Crippen molar-refractivity contribution in [2.24, 2.45) is 0 Å². The van der Waals surface area contributed by atoms with Crippen LogP contribution in [0.1, 0.15) is 5.56 Å². The molecular weight excluding hydrogens is 394 g/mol. The van der Waals surface area contributed by atoms with Crippen molar-refractivity contribution in [3.05, 3.63) is 78.6 Å². The maximum absolute atomic E-state index is 12.3. The second-order valence-electron chi connectivity index (χ2n) is 7.17. The quantitative estimate of drug-likeness (QED) is 0.591. The van der Waals surface area contributed by atoms with E-state index in [1.165, 1.54) is 5.56 Å². The molecule has 1 fully saturated rings. The average molecular weight is 420 g/mol. The summed E-state index contributed by atoms with van der Waals surface area (Å²) in [6.07, 6.45) is 3.64. The van der Waals surface area contributed by atoms with Crippen LogP contribution in [0.15, 0.2) is 78.1 Å². The number of rotatable bonds is 7. The largest absolute Gasteiger partial charge is 0.353 e. The number of aromatic nitrogens is 2. The Morgan fingerprint density at radius 2 is 1.63 bits per heavy atom. The summed E-state index contributed by atoms with van der Waals surface area (Å²) in [6, 6.07) is 20.0. The van der Waals surface area contributed by atoms with Gasteiger partial charge in [0.15, 0.2) is 0 Å². The molecule has 6 nitrogen and oxygen atoms in total. The van der Waals surface area contributed by atoms with E-state index in [4.69, 9.17) is 4.98 Å². The highest BCUT2D eigenvalue weighted by molar-refractivity contribution is 7.98. The van der Waals surface area contributed by atoms with Crippen molar-refractivity contribution in [3.63, 3.8) is 0 Å². The van der Waals surface area contributed by atoms with E-state index in [0.29, 0.717) is 6.54 Å². The number of para-hydroxylation sites is 1. The van der Waals surface area contributed by atoms with Crippen LogP contribution in [0.5, 0.6) is 0 Å². The van der Waals surface area contributed by atoms with E-state index in [1.54, 1.807) is 11.8 Å². The Bertz CT molecular complexity index is 946. The van der Waals surface area contributed by atoms with E-state index in [-0.39, 0.29) is 5.91 Å². The van der Waals surface area contributed by atoms with Gasteiger partial charge in [-0.3, -0.25) is 14.7 Å². The molecule has 7 heteroatoms. The smallest absolute Gasteiger partial charge is 0.238 e. The topological polar surface area (TPSA) is 61.4 Å². The summed E-state index contributed by atoms with van der Waals surface area (Å²) >= 11 is 1.70. The molecule has 1 aromatic heterocycles. The first-order valence-electron chi connectivity index (χ1n) is 10.1. The Kier molecular flexibility index (Phi) is 6.95. The highest BCUT2D eigenvalue weighted by Gasteiger charge is 2.20. The van der Waals surface area contributed by atoms with Crippen LogP contribution in [-0.2, 0) is 10.5 Å². The maximum Gasteiger partial charge on any atom is 0.238 e. The van der Waals surface area contributed by atoms with Gasteiger partial charge < -0.3 is 10.2 Å². The molecule has 1 aliphatic rings. The Labute approximate surface area is 181 Å². The van der Waals surface area contributed by atoms with Gasteiger partial charge in [-0.15, -0.1) is 11.8 Å². The molecule has 1 amide bonds. The lowest BCUT2D eigenvalue weighted by atomic mass is 10.2. The molecule has 30 heavy (non-hydrogen) atoms. The lowest BCUT2D eigenvalue weighted by Gasteiger charge is -2.34. The number of amides is 1. The van der Waals surface area contributed by atoms with Gasteiger partial charge in [-0.2, -0.15) is 0 Å². The molecule has 1 N–H and O–H groups in total. The third-order valence-electron chi connectivity index (χ3n) is 4.95. The minimum atomic E-state index is 0.0220. The first-order chi connectivity index (χ1) is 14.8. The second-order valence-corrected chi connectivity index (χ2v) is 8.16. The molecule has 2 aromatic carbocycles. The molecule has 0 aliphatic carbocycles. The van der Waals surface area contributed by atoms with Crippen molar-refractivity contribution in [2.45, 2.75) is 10.8 Å². The van der Waals surface area contributed by atoms with Crippen molar-refractivity contribution in [2.75, 3.05) is 42.9 Å². The van der Waals surface area contributed by atoms with Gasteiger partial charge in [0.1, 0.15) is 10.8 Å². The van der Waals surface area contributed by atoms with Crippen molar-refractivity contribution in [1.29, 1.82) is 0 Å². The van der Waals surface area contributed by atoms with Crippen LogP contribution in [0.25, 0.3) is 0 Å². The van der Waals surface area contributed by atoms with Crippen LogP contribution in [0.2, 0.25) is 0 Å². The average Bonchev–Trinajstić information content (AvgIpc) is 2.80. The monoisotopic (exact) mass is 419 g/mol. The number of thioether (sulfide) groups is 1. The number of anilines is 2. The molecule has 0 radical (unpaired) electrons. The molecule has 1 saturated heterocycles. The summed E-state index contributed by atoms with van der Waals surface area (Å²) < 4.78 is 0. The number of nitrogens with zero attached hydrogens (tertiary/aromatic N) is 4. The predicted octanol–water partition coefficient (Wildman–Crippen LogP) is 3.53. The van der Waals surface area contributed by atoms with Crippen LogP contribution in [0.4, 0.5) is 11.5 Å². The highest BCUT2D eigenvalue weighted by Crippen LogP contribution is 2.23.